The highest BCUT2D eigenvalue weighted by Crippen LogP contribution is 2.35. The van der Waals surface area contributed by atoms with Crippen LogP contribution in [0.2, 0.25) is 0 Å². The van der Waals surface area contributed by atoms with Crippen molar-refractivity contribution in [2.45, 2.75) is 94.9 Å². The average molecular weight is 480 g/mol. The van der Waals surface area contributed by atoms with Gasteiger partial charge >= 0.3 is 12.2 Å². The Bertz CT molecular complexity index is 921. The third-order valence-corrected chi connectivity index (χ3v) is 7.56. The van der Waals surface area contributed by atoms with Gasteiger partial charge in [-0.3, -0.25) is 14.5 Å². The largest absolute Gasteiger partial charge is 0.416 e. The zero-order valence-electron chi connectivity index (χ0n) is 19.5. The van der Waals surface area contributed by atoms with Crippen molar-refractivity contribution in [1.82, 2.24) is 15.1 Å². The molecule has 186 valence electrons. The molecule has 1 heterocycles. The predicted octanol–water partition coefficient (Wildman–Crippen LogP) is 4.97. The number of hydrogen-bond donors (Lipinski definition) is 1. The van der Waals surface area contributed by atoms with Crippen LogP contribution in [-0.4, -0.2) is 46.3 Å². The fraction of sp³-hybridized carbons (Fsp3) is 0.640. The molecule has 0 radical (unpaired) electrons. The maximum atomic E-state index is 13.5. The monoisotopic (exact) mass is 479 g/mol. The summed E-state index contributed by atoms with van der Waals surface area (Å²) in [5.41, 5.74) is -2.53. The van der Waals surface area contributed by atoms with Crippen LogP contribution < -0.4 is 5.32 Å². The molecule has 0 aromatic heterocycles. The number of hydrogen-bond acceptors (Lipinski definition) is 3. The Morgan fingerprint density at radius 1 is 1.03 bits per heavy atom. The number of benzene rings is 1. The molecule has 1 unspecified atom stereocenters. The van der Waals surface area contributed by atoms with E-state index < -0.39 is 35.8 Å². The predicted molar refractivity (Wildman–Crippen MR) is 120 cm³/mol. The van der Waals surface area contributed by atoms with Crippen molar-refractivity contribution in [2.75, 3.05) is 6.54 Å². The highest BCUT2D eigenvalue weighted by atomic mass is 19.4. The molecule has 6 nitrogen and oxygen atoms in total. The molecule has 1 aromatic rings. The highest BCUT2D eigenvalue weighted by molar-refractivity contribution is 6.09. The summed E-state index contributed by atoms with van der Waals surface area (Å²) < 4.78 is 39.6. The molecule has 0 spiro atoms. The topological polar surface area (TPSA) is 69.7 Å². The number of rotatable bonds is 5. The maximum Gasteiger partial charge on any atom is 0.416 e. The lowest BCUT2D eigenvalue weighted by molar-refractivity contribution is -0.143. The average Bonchev–Trinajstić information content (AvgIpc) is 3.04. The van der Waals surface area contributed by atoms with Crippen LogP contribution in [0.4, 0.5) is 18.0 Å². The Morgan fingerprint density at radius 3 is 2.12 bits per heavy atom. The van der Waals surface area contributed by atoms with Gasteiger partial charge in [0.1, 0.15) is 12.1 Å². The standard InChI is InChI=1S/C25H32F3N3O3/c1-24(17-9-8-10-18(15-17)25(26,27)28)22(33)30(23(34)29-24)16-21(32)31(19-11-4-2-5-12-19)20-13-6-3-7-14-20/h8-10,15,19-20H,2-7,11-14,16H2,1H3,(H,29,34). The van der Waals surface area contributed by atoms with Crippen LogP contribution in [0.1, 0.15) is 82.3 Å². The second-order valence-corrected chi connectivity index (χ2v) is 9.91. The minimum Gasteiger partial charge on any atom is -0.335 e. The lowest BCUT2D eigenvalue weighted by Crippen LogP contribution is -2.53. The van der Waals surface area contributed by atoms with Gasteiger partial charge in [0.05, 0.1) is 5.56 Å². The second kappa shape index (κ2) is 9.58. The molecule has 4 rings (SSSR count). The van der Waals surface area contributed by atoms with E-state index in [-0.39, 0.29) is 23.6 Å². The van der Waals surface area contributed by atoms with E-state index in [0.29, 0.717) is 0 Å². The summed E-state index contributed by atoms with van der Waals surface area (Å²) in [5.74, 6) is -0.965. The van der Waals surface area contributed by atoms with E-state index in [0.717, 1.165) is 81.2 Å². The normalized spacial score (nSPS) is 24.9. The Labute approximate surface area is 197 Å². The van der Waals surface area contributed by atoms with Crippen LogP contribution in [0.15, 0.2) is 24.3 Å². The van der Waals surface area contributed by atoms with E-state index >= 15 is 0 Å². The van der Waals surface area contributed by atoms with Crippen molar-refractivity contribution in [2.24, 2.45) is 0 Å². The number of carbonyl (C=O) groups is 3. The summed E-state index contributed by atoms with van der Waals surface area (Å²) in [5, 5.41) is 2.53. The molecule has 1 aromatic carbocycles. The summed E-state index contributed by atoms with van der Waals surface area (Å²) in [4.78, 5) is 42.4. The third-order valence-electron chi connectivity index (χ3n) is 7.56. The van der Waals surface area contributed by atoms with Crippen LogP contribution in [0.3, 0.4) is 0 Å². The van der Waals surface area contributed by atoms with Gasteiger partial charge in [-0.25, -0.2) is 4.79 Å². The van der Waals surface area contributed by atoms with Crippen molar-refractivity contribution in [3.63, 3.8) is 0 Å². The second-order valence-electron chi connectivity index (χ2n) is 9.91. The minimum atomic E-state index is -4.58. The van der Waals surface area contributed by atoms with E-state index in [2.05, 4.69) is 5.32 Å². The maximum absolute atomic E-state index is 13.5. The van der Waals surface area contributed by atoms with Crippen LogP contribution >= 0.6 is 0 Å². The summed E-state index contributed by atoms with van der Waals surface area (Å²) in [6, 6.07) is 3.85. The van der Waals surface area contributed by atoms with Gasteiger partial charge in [-0.15, -0.1) is 0 Å². The van der Waals surface area contributed by atoms with Gasteiger partial charge in [0.2, 0.25) is 5.91 Å². The first kappa shape index (κ1) is 24.5. The van der Waals surface area contributed by atoms with E-state index in [4.69, 9.17) is 0 Å². The molecule has 4 amide bonds. The third kappa shape index (κ3) is 4.79. The lowest BCUT2D eigenvalue weighted by Gasteiger charge is -2.42. The minimum absolute atomic E-state index is 0.0343. The zero-order chi connectivity index (χ0) is 24.5. The van der Waals surface area contributed by atoms with Crippen molar-refractivity contribution in [1.29, 1.82) is 0 Å². The van der Waals surface area contributed by atoms with Crippen LogP contribution in [0, 0.1) is 0 Å². The Hall–Kier alpha value is -2.58. The van der Waals surface area contributed by atoms with Crippen LogP contribution in [0.25, 0.3) is 0 Å². The van der Waals surface area contributed by atoms with Gasteiger partial charge in [-0.1, -0.05) is 50.7 Å². The molecule has 1 saturated heterocycles. The van der Waals surface area contributed by atoms with Gasteiger partial charge in [-0.2, -0.15) is 13.2 Å². The SMILES string of the molecule is CC1(c2cccc(C(F)(F)F)c2)NC(=O)N(CC(=O)N(C2CCCCC2)C2CCCCC2)C1=O. The first-order valence-electron chi connectivity index (χ1n) is 12.2. The van der Waals surface area contributed by atoms with Gasteiger partial charge in [-0.05, 0) is 50.3 Å². The molecular formula is C25H32F3N3O3. The highest BCUT2D eigenvalue weighted by Gasteiger charge is 2.50. The Kier molecular flexibility index (Phi) is 6.92. The quantitative estimate of drug-likeness (QED) is 0.607. The molecule has 2 aliphatic carbocycles. The van der Waals surface area contributed by atoms with Crippen molar-refractivity contribution in [3.05, 3.63) is 35.4 Å². The smallest absolute Gasteiger partial charge is 0.335 e. The number of alkyl halides is 3. The molecule has 34 heavy (non-hydrogen) atoms. The summed E-state index contributed by atoms with van der Waals surface area (Å²) >= 11 is 0. The van der Waals surface area contributed by atoms with Crippen molar-refractivity contribution in [3.8, 4) is 0 Å². The fourth-order valence-corrected chi connectivity index (χ4v) is 5.68. The number of imide groups is 1. The Morgan fingerprint density at radius 2 is 1.59 bits per heavy atom. The molecule has 2 saturated carbocycles. The number of nitrogens with zero attached hydrogens (tertiary/aromatic N) is 2. The number of nitrogens with one attached hydrogen (secondary N) is 1. The van der Waals surface area contributed by atoms with Crippen LogP contribution in [-0.2, 0) is 21.3 Å². The molecular weight excluding hydrogens is 447 g/mol. The van der Waals surface area contributed by atoms with Crippen molar-refractivity contribution >= 4 is 17.8 Å². The van der Waals surface area contributed by atoms with E-state index in [1.807, 2.05) is 4.90 Å². The van der Waals surface area contributed by atoms with Crippen molar-refractivity contribution < 1.29 is 27.6 Å². The molecule has 0 bridgehead atoms. The molecule has 1 N–H and O–H groups in total. The number of urea groups is 1. The van der Waals surface area contributed by atoms with E-state index in [1.165, 1.54) is 19.1 Å². The number of amides is 4. The first-order valence-corrected chi connectivity index (χ1v) is 12.2. The number of halogens is 3. The molecule has 3 fully saturated rings. The van der Waals surface area contributed by atoms with Gasteiger partial charge in [0.25, 0.3) is 5.91 Å². The lowest BCUT2D eigenvalue weighted by atomic mass is 9.88. The van der Waals surface area contributed by atoms with E-state index in [9.17, 15) is 27.6 Å². The summed E-state index contributed by atoms with van der Waals surface area (Å²) in [7, 11) is 0. The molecule has 1 aliphatic heterocycles. The molecule has 9 heteroatoms. The van der Waals surface area contributed by atoms with Gasteiger partial charge in [0.15, 0.2) is 0 Å². The van der Waals surface area contributed by atoms with Gasteiger partial charge < -0.3 is 10.2 Å². The summed E-state index contributed by atoms with van der Waals surface area (Å²) in [6.07, 6.45) is 5.61. The van der Waals surface area contributed by atoms with E-state index in [1.54, 1.807) is 0 Å². The number of carbonyl (C=O) groups excluding carboxylic acids is 3. The Balaban J connectivity index is 1.55. The molecule has 3 aliphatic rings. The fourth-order valence-electron chi connectivity index (χ4n) is 5.68. The first-order chi connectivity index (χ1) is 16.1. The van der Waals surface area contributed by atoms with Gasteiger partial charge in [0, 0.05) is 12.1 Å². The zero-order valence-corrected chi connectivity index (χ0v) is 19.5. The van der Waals surface area contributed by atoms with Crippen LogP contribution in [0.5, 0.6) is 0 Å². The molecule has 1 atom stereocenters. The summed E-state index contributed by atoms with van der Waals surface area (Å²) in [6.45, 7) is 0.986.